The van der Waals surface area contributed by atoms with Gasteiger partial charge in [0.05, 0.1) is 5.69 Å². The van der Waals surface area contributed by atoms with Gasteiger partial charge in [0.1, 0.15) is 0 Å². The van der Waals surface area contributed by atoms with Crippen molar-refractivity contribution in [2.75, 3.05) is 12.3 Å². The lowest BCUT2D eigenvalue weighted by molar-refractivity contribution is 0.0950. The van der Waals surface area contributed by atoms with Crippen LogP contribution in [0.2, 0.25) is 0 Å². The van der Waals surface area contributed by atoms with E-state index in [-0.39, 0.29) is 17.4 Å². The van der Waals surface area contributed by atoms with Crippen LogP contribution in [0, 0.1) is 13.8 Å². The Morgan fingerprint density at radius 2 is 1.80 bits per heavy atom. The molecule has 1 amide bonds. The van der Waals surface area contributed by atoms with Gasteiger partial charge in [-0.3, -0.25) is 4.79 Å². The van der Waals surface area contributed by atoms with E-state index in [1.54, 1.807) is 0 Å². The van der Waals surface area contributed by atoms with Crippen molar-refractivity contribution in [3.63, 3.8) is 0 Å². The van der Waals surface area contributed by atoms with Gasteiger partial charge in [-0.2, -0.15) is 4.68 Å². The maximum absolute atomic E-state index is 12.3. The minimum Gasteiger partial charge on any atom is -0.382 e. The van der Waals surface area contributed by atoms with Gasteiger partial charge in [-0.05, 0) is 49.1 Å². The van der Waals surface area contributed by atoms with E-state index in [4.69, 9.17) is 5.73 Å². The number of rotatable bonds is 5. The molecule has 0 saturated heterocycles. The van der Waals surface area contributed by atoms with Gasteiger partial charge in [0, 0.05) is 6.54 Å². The highest BCUT2D eigenvalue weighted by molar-refractivity contribution is 5.96. The van der Waals surface area contributed by atoms with Crippen LogP contribution in [0.3, 0.4) is 0 Å². The van der Waals surface area contributed by atoms with Gasteiger partial charge in [-0.1, -0.05) is 41.6 Å². The fourth-order valence-electron chi connectivity index (χ4n) is 2.76. The molecule has 0 spiro atoms. The molecular weight excluding hydrogens is 314 g/mol. The van der Waals surface area contributed by atoms with Crippen LogP contribution in [-0.2, 0) is 6.42 Å². The van der Waals surface area contributed by atoms with Crippen molar-refractivity contribution in [3.8, 4) is 5.69 Å². The third-order valence-corrected chi connectivity index (χ3v) is 3.91. The number of aromatic nitrogens is 3. The zero-order chi connectivity index (χ0) is 17.8. The van der Waals surface area contributed by atoms with Gasteiger partial charge >= 0.3 is 0 Å². The number of hydrogen-bond donors (Lipinski definition) is 2. The number of nitrogens with one attached hydrogen (secondary N) is 1. The summed E-state index contributed by atoms with van der Waals surface area (Å²) in [5, 5.41) is 10.8. The summed E-state index contributed by atoms with van der Waals surface area (Å²) >= 11 is 0. The van der Waals surface area contributed by atoms with Gasteiger partial charge in [0.15, 0.2) is 11.5 Å². The summed E-state index contributed by atoms with van der Waals surface area (Å²) in [6, 6.07) is 15.9. The van der Waals surface area contributed by atoms with Gasteiger partial charge < -0.3 is 11.1 Å². The molecule has 0 unspecified atom stereocenters. The van der Waals surface area contributed by atoms with E-state index < -0.39 is 0 Å². The van der Waals surface area contributed by atoms with Crippen molar-refractivity contribution in [2.45, 2.75) is 20.3 Å². The monoisotopic (exact) mass is 335 g/mol. The lowest BCUT2D eigenvalue weighted by atomic mass is 10.1. The number of nitrogens with two attached hydrogens (primary N) is 1. The van der Waals surface area contributed by atoms with Crippen molar-refractivity contribution in [3.05, 3.63) is 70.9 Å². The van der Waals surface area contributed by atoms with Crippen molar-refractivity contribution >= 4 is 11.7 Å². The summed E-state index contributed by atoms with van der Waals surface area (Å²) in [5.74, 6) is -0.0775. The first-order valence-electron chi connectivity index (χ1n) is 8.16. The van der Waals surface area contributed by atoms with E-state index in [9.17, 15) is 4.79 Å². The molecule has 1 heterocycles. The van der Waals surface area contributed by atoms with Crippen LogP contribution in [0.5, 0.6) is 0 Å². The Morgan fingerprint density at radius 3 is 2.48 bits per heavy atom. The van der Waals surface area contributed by atoms with E-state index >= 15 is 0 Å². The molecule has 0 atom stereocenters. The number of anilines is 1. The number of benzene rings is 2. The topological polar surface area (TPSA) is 85.8 Å². The van der Waals surface area contributed by atoms with Gasteiger partial charge in [0.25, 0.3) is 5.91 Å². The quantitative estimate of drug-likeness (QED) is 0.750. The smallest absolute Gasteiger partial charge is 0.275 e. The van der Waals surface area contributed by atoms with Gasteiger partial charge in [0.2, 0.25) is 0 Å². The minimum absolute atomic E-state index is 0.146. The summed E-state index contributed by atoms with van der Waals surface area (Å²) in [6.07, 6.45) is 0.748. The number of nitrogen functional groups attached to an aromatic ring is 1. The molecule has 25 heavy (non-hydrogen) atoms. The minimum atomic E-state index is -0.316. The predicted octanol–water partition coefficient (Wildman–Crippen LogP) is 2.44. The average Bonchev–Trinajstić information content (AvgIpc) is 2.96. The molecular formula is C19H21N5O. The summed E-state index contributed by atoms with van der Waals surface area (Å²) in [5.41, 5.74) is 10.4. The molecule has 6 nitrogen and oxygen atoms in total. The first-order chi connectivity index (χ1) is 12.0. The lowest BCUT2D eigenvalue weighted by Crippen LogP contribution is -2.27. The Labute approximate surface area is 146 Å². The zero-order valence-corrected chi connectivity index (χ0v) is 14.4. The Bertz CT molecular complexity index is 866. The number of aryl methyl sites for hydroxylation is 2. The molecule has 0 aliphatic carbocycles. The molecule has 6 heteroatoms. The maximum Gasteiger partial charge on any atom is 0.275 e. The van der Waals surface area contributed by atoms with E-state index in [0.717, 1.165) is 28.8 Å². The summed E-state index contributed by atoms with van der Waals surface area (Å²) in [7, 11) is 0. The molecule has 2 aromatic carbocycles. The van der Waals surface area contributed by atoms with Gasteiger partial charge in [-0.25, -0.2) is 0 Å². The fourth-order valence-corrected chi connectivity index (χ4v) is 2.76. The van der Waals surface area contributed by atoms with Gasteiger partial charge in [-0.15, -0.1) is 5.10 Å². The van der Waals surface area contributed by atoms with Crippen LogP contribution in [-0.4, -0.2) is 27.4 Å². The highest BCUT2D eigenvalue weighted by Crippen LogP contribution is 2.18. The van der Waals surface area contributed by atoms with E-state index in [2.05, 4.69) is 21.7 Å². The van der Waals surface area contributed by atoms with E-state index in [1.807, 2.05) is 56.3 Å². The number of carbonyl (C=O) groups excluding carboxylic acids is 1. The zero-order valence-electron chi connectivity index (χ0n) is 14.4. The molecule has 0 saturated carbocycles. The fraction of sp³-hybridized carbons (Fsp3) is 0.211. The summed E-state index contributed by atoms with van der Waals surface area (Å²) in [4.78, 5) is 12.3. The second-order valence-electron chi connectivity index (χ2n) is 6.07. The standard InChI is InChI=1S/C19H21N5O/c1-13-10-14(2)12-16(11-13)24-18(20)17(22-23-24)19(25)21-9-8-15-6-4-3-5-7-15/h3-7,10-12H,8-9,20H2,1-2H3,(H,21,25). The molecule has 3 N–H and O–H groups in total. The third kappa shape index (κ3) is 3.85. The molecule has 0 aliphatic heterocycles. The molecule has 3 aromatic rings. The van der Waals surface area contributed by atoms with Crippen LogP contribution < -0.4 is 11.1 Å². The van der Waals surface area contributed by atoms with Crippen molar-refractivity contribution in [1.82, 2.24) is 20.3 Å². The Balaban J connectivity index is 1.71. The van der Waals surface area contributed by atoms with Crippen LogP contribution >= 0.6 is 0 Å². The molecule has 1 aromatic heterocycles. The molecule has 128 valence electrons. The van der Waals surface area contributed by atoms with Crippen molar-refractivity contribution in [2.24, 2.45) is 0 Å². The Hall–Kier alpha value is -3.15. The molecule has 3 rings (SSSR count). The van der Waals surface area contributed by atoms with Crippen molar-refractivity contribution in [1.29, 1.82) is 0 Å². The molecule has 0 radical (unpaired) electrons. The third-order valence-electron chi connectivity index (χ3n) is 3.91. The second-order valence-corrected chi connectivity index (χ2v) is 6.07. The summed E-state index contributed by atoms with van der Waals surface area (Å²) in [6.45, 7) is 4.51. The normalized spacial score (nSPS) is 10.6. The Kier molecular flexibility index (Phi) is 4.79. The van der Waals surface area contributed by atoms with Crippen molar-refractivity contribution < 1.29 is 4.79 Å². The highest BCUT2D eigenvalue weighted by Gasteiger charge is 2.18. The first kappa shape index (κ1) is 16.7. The first-order valence-corrected chi connectivity index (χ1v) is 8.16. The number of hydrogen-bond acceptors (Lipinski definition) is 4. The summed E-state index contributed by atoms with van der Waals surface area (Å²) < 4.78 is 1.49. The number of nitrogens with zero attached hydrogens (tertiary/aromatic N) is 3. The molecule has 0 aliphatic rings. The van der Waals surface area contributed by atoms with Crippen LogP contribution in [0.1, 0.15) is 27.2 Å². The van der Waals surface area contributed by atoms with Crippen LogP contribution in [0.15, 0.2) is 48.5 Å². The Morgan fingerprint density at radius 1 is 1.12 bits per heavy atom. The number of amides is 1. The average molecular weight is 335 g/mol. The number of carbonyl (C=O) groups is 1. The highest BCUT2D eigenvalue weighted by atomic mass is 16.2. The molecule has 0 bridgehead atoms. The lowest BCUT2D eigenvalue weighted by Gasteiger charge is -2.07. The maximum atomic E-state index is 12.3. The largest absolute Gasteiger partial charge is 0.382 e. The van der Waals surface area contributed by atoms with Crippen LogP contribution in [0.4, 0.5) is 5.82 Å². The van der Waals surface area contributed by atoms with E-state index in [1.165, 1.54) is 4.68 Å². The van der Waals surface area contributed by atoms with Crippen LogP contribution in [0.25, 0.3) is 5.69 Å². The molecule has 0 fully saturated rings. The second kappa shape index (κ2) is 7.17. The van der Waals surface area contributed by atoms with E-state index in [0.29, 0.717) is 6.54 Å². The predicted molar refractivity (Wildman–Crippen MR) is 97.7 cm³/mol. The SMILES string of the molecule is Cc1cc(C)cc(-n2nnc(C(=O)NCCc3ccccc3)c2N)c1.